The summed E-state index contributed by atoms with van der Waals surface area (Å²) >= 11 is 0. The van der Waals surface area contributed by atoms with Gasteiger partial charge in [0, 0.05) is 24.3 Å². The molecule has 0 atom stereocenters. The number of hydrogen-bond donors (Lipinski definition) is 2. The molecule has 0 aliphatic rings. The van der Waals surface area contributed by atoms with Crippen LogP contribution in [0.25, 0.3) is 0 Å². The van der Waals surface area contributed by atoms with Gasteiger partial charge in [-0.3, -0.25) is 9.59 Å². The SMILES string of the molecule is CC(=O)c1cccc(NC(=O)CNCCN(C)C)c1. The molecule has 0 aliphatic carbocycles. The van der Waals surface area contributed by atoms with Crippen molar-refractivity contribution in [2.24, 2.45) is 0 Å². The van der Waals surface area contributed by atoms with E-state index in [1.54, 1.807) is 24.3 Å². The second-order valence-corrected chi connectivity index (χ2v) is 4.67. The Morgan fingerprint density at radius 1 is 1.26 bits per heavy atom. The Hall–Kier alpha value is -1.72. The minimum atomic E-state index is -0.112. The quantitative estimate of drug-likeness (QED) is 0.568. The minimum Gasteiger partial charge on any atom is -0.325 e. The number of likely N-dealkylation sites (N-methyl/N-ethyl adjacent to an activating group) is 1. The van der Waals surface area contributed by atoms with Gasteiger partial charge in [0.1, 0.15) is 0 Å². The number of Topliss-reactive ketones (excluding diaryl/α,β-unsaturated/α-hetero) is 1. The smallest absolute Gasteiger partial charge is 0.238 e. The van der Waals surface area contributed by atoms with Gasteiger partial charge in [0.15, 0.2) is 5.78 Å². The maximum atomic E-state index is 11.7. The standard InChI is InChI=1S/C14H21N3O2/c1-11(18)12-5-4-6-13(9-12)16-14(19)10-15-7-8-17(2)3/h4-6,9,15H,7-8,10H2,1-3H3,(H,16,19). The van der Waals surface area contributed by atoms with Crippen molar-refractivity contribution < 1.29 is 9.59 Å². The largest absolute Gasteiger partial charge is 0.325 e. The lowest BCUT2D eigenvalue weighted by atomic mass is 10.1. The van der Waals surface area contributed by atoms with Gasteiger partial charge < -0.3 is 15.5 Å². The number of ketones is 1. The summed E-state index contributed by atoms with van der Waals surface area (Å²) in [5.74, 6) is -0.125. The van der Waals surface area contributed by atoms with Gasteiger partial charge in [0.25, 0.3) is 0 Å². The average Bonchev–Trinajstić information content (AvgIpc) is 2.34. The van der Waals surface area contributed by atoms with Crippen LogP contribution in [-0.4, -0.2) is 50.3 Å². The van der Waals surface area contributed by atoms with Crippen molar-refractivity contribution in [1.29, 1.82) is 0 Å². The van der Waals surface area contributed by atoms with Crippen molar-refractivity contribution in [3.8, 4) is 0 Å². The number of hydrogen-bond acceptors (Lipinski definition) is 4. The lowest BCUT2D eigenvalue weighted by Crippen LogP contribution is -2.33. The topological polar surface area (TPSA) is 61.4 Å². The second kappa shape index (κ2) is 7.66. The molecule has 0 saturated carbocycles. The lowest BCUT2D eigenvalue weighted by molar-refractivity contribution is -0.115. The molecule has 5 nitrogen and oxygen atoms in total. The highest BCUT2D eigenvalue weighted by Crippen LogP contribution is 2.10. The fraction of sp³-hybridized carbons (Fsp3) is 0.429. The fourth-order valence-corrected chi connectivity index (χ4v) is 1.53. The Morgan fingerprint density at radius 3 is 2.63 bits per heavy atom. The molecule has 0 spiro atoms. The van der Waals surface area contributed by atoms with Crippen molar-refractivity contribution in [2.75, 3.05) is 39.0 Å². The monoisotopic (exact) mass is 263 g/mol. The number of amides is 1. The maximum Gasteiger partial charge on any atom is 0.238 e. The van der Waals surface area contributed by atoms with Crippen LogP contribution in [0.15, 0.2) is 24.3 Å². The molecule has 5 heteroatoms. The highest BCUT2D eigenvalue weighted by Gasteiger charge is 2.04. The molecule has 1 rings (SSSR count). The van der Waals surface area contributed by atoms with Gasteiger partial charge in [-0.2, -0.15) is 0 Å². The molecule has 1 aromatic rings. The number of carbonyl (C=O) groups excluding carboxylic acids is 2. The number of rotatable bonds is 7. The number of benzene rings is 1. The highest BCUT2D eigenvalue weighted by atomic mass is 16.2. The summed E-state index contributed by atoms with van der Waals surface area (Å²) < 4.78 is 0. The van der Waals surface area contributed by atoms with E-state index in [9.17, 15) is 9.59 Å². The predicted molar refractivity (Wildman–Crippen MR) is 76.5 cm³/mol. The molecule has 104 valence electrons. The first-order valence-electron chi connectivity index (χ1n) is 6.25. The molecule has 0 radical (unpaired) electrons. The van der Waals surface area contributed by atoms with Crippen LogP contribution in [0, 0.1) is 0 Å². The third-order valence-electron chi connectivity index (χ3n) is 2.57. The number of anilines is 1. The molecule has 0 saturated heterocycles. The summed E-state index contributed by atoms with van der Waals surface area (Å²) in [6.45, 7) is 3.41. The molecule has 0 unspecified atom stereocenters. The summed E-state index contributed by atoms with van der Waals surface area (Å²) in [6.07, 6.45) is 0. The van der Waals surface area contributed by atoms with Crippen LogP contribution in [0.1, 0.15) is 17.3 Å². The van der Waals surface area contributed by atoms with Crippen molar-refractivity contribution in [3.05, 3.63) is 29.8 Å². The van der Waals surface area contributed by atoms with Gasteiger partial charge in [-0.1, -0.05) is 12.1 Å². The van der Waals surface area contributed by atoms with E-state index in [2.05, 4.69) is 10.6 Å². The van der Waals surface area contributed by atoms with E-state index >= 15 is 0 Å². The lowest BCUT2D eigenvalue weighted by Gasteiger charge is -2.10. The zero-order chi connectivity index (χ0) is 14.3. The number of nitrogens with zero attached hydrogens (tertiary/aromatic N) is 1. The summed E-state index contributed by atoms with van der Waals surface area (Å²) in [6, 6.07) is 6.93. The van der Waals surface area contributed by atoms with Crippen LogP contribution in [0.4, 0.5) is 5.69 Å². The van der Waals surface area contributed by atoms with Gasteiger partial charge in [-0.25, -0.2) is 0 Å². The molecule has 1 aromatic carbocycles. The van der Waals surface area contributed by atoms with Crippen molar-refractivity contribution in [2.45, 2.75) is 6.92 Å². The van der Waals surface area contributed by atoms with Crippen LogP contribution in [0.2, 0.25) is 0 Å². The summed E-state index contributed by atoms with van der Waals surface area (Å²) in [5, 5.41) is 5.81. The fourth-order valence-electron chi connectivity index (χ4n) is 1.53. The zero-order valence-electron chi connectivity index (χ0n) is 11.7. The molecule has 19 heavy (non-hydrogen) atoms. The van der Waals surface area contributed by atoms with Gasteiger partial charge >= 0.3 is 0 Å². The highest BCUT2D eigenvalue weighted by molar-refractivity contribution is 5.97. The van der Waals surface area contributed by atoms with Gasteiger partial charge in [-0.05, 0) is 33.2 Å². The van der Waals surface area contributed by atoms with Gasteiger partial charge in [0.05, 0.1) is 6.54 Å². The minimum absolute atomic E-state index is 0.0137. The molecule has 0 bridgehead atoms. The Balaban J connectivity index is 2.40. The van der Waals surface area contributed by atoms with Crippen LogP contribution in [0.3, 0.4) is 0 Å². The summed E-state index contributed by atoms with van der Waals surface area (Å²) in [7, 11) is 3.96. The molecule has 0 fully saturated rings. The Bertz CT molecular complexity index is 444. The third kappa shape index (κ3) is 6.13. The van der Waals surface area contributed by atoms with Crippen molar-refractivity contribution >= 4 is 17.4 Å². The molecule has 2 N–H and O–H groups in total. The van der Waals surface area contributed by atoms with E-state index in [1.807, 2.05) is 19.0 Å². The zero-order valence-corrected chi connectivity index (χ0v) is 11.7. The third-order valence-corrected chi connectivity index (χ3v) is 2.57. The molecular formula is C14H21N3O2. The van der Waals surface area contributed by atoms with E-state index in [0.29, 0.717) is 11.3 Å². The van der Waals surface area contributed by atoms with E-state index in [4.69, 9.17) is 0 Å². The van der Waals surface area contributed by atoms with E-state index in [0.717, 1.165) is 13.1 Å². The first-order valence-corrected chi connectivity index (χ1v) is 6.25. The van der Waals surface area contributed by atoms with Crippen LogP contribution < -0.4 is 10.6 Å². The average molecular weight is 263 g/mol. The molecule has 1 amide bonds. The first-order chi connectivity index (χ1) is 8.99. The van der Waals surface area contributed by atoms with E-state index in [1.165, 1.54) is 6.92 Å². The molecular weight excluding hydrogens is 242 g/mol. The van der Waals surface area contributed by atoms with E-state index in [-0.39, 0.29) is 18.2 Å². The van der Waals surface area contributed by atoms with Crippen molar-refractivity contribution in [3.63, 3.8) is 0 Å². The normalized spacial score (nSPS) is 10.5. The predicted octanol–water partition coefficient (Wildman–Crippen LogP) is 0.979. The van der Waals surface area contributed by atoms with Gasteiger partial charge in [0.2, 0.25) is 5.91 Å². The molecule has 0 heterocycles. The number of carbonyl (C=O) groups is 2. The Morgan fingerprint density at radius 2 is 2.00 bits per heavy atom. The Labute approximate surface area is 114 Å². The van der Waals surface area contributed by atoms with Crippen LogP contribution in [0.5, 0.6) is 0 Å². The van der Waals surface area contributed by atoms with E-state index < -0.39 is 0 Å². The van der Waals surface area contributed by atoms with Crippen molar-refractivity contribution in [1.82, 2.24) is 10.2 Å². The first kappa shape index (κ1) is 15.3. The molecule has 0 aromatic heterocycles. The Kier molecular flexibility index (Phi) is 6.18. The van der Waals surface area contributed by atoms with Crippen LogP contribution >= 0.6 is 0 Å². The van der Waals surface area contributed by atoms with Gasteiger partial charge in [-0.15, -0.1) is 0 Å². The summed E-state index contributed by atoms with van der Waals surface area (Å²) in [5.41, 5.74) is 1.24. The second-order valence-electron chi connectivity index (χ2n) is 4.67. The number of nitrogens with one attached hydrogen (secondary N) is 2. The summed E-state index contributed by atoms with van der Waals surface area (Å²) in [4.78, 5) is 24.9. The maximum absolute atomic E-state index is 11.7. The molecule has 0 aliphatic heterocycles. The van der Waals surface area contributed by atoms with Crippen LogP contribution in [-0.2, 0) is 4.79 Å².